The molecule has 4 aromatic rings. The number of rotatable bonds is 8. The van der Waals surface area contributed by atoms with Gasteiger partial charge in [0.15, 0.2) is 11.4 Å². The monoisotopic (exact) mass is 512 g/mol. The van der Waals surface area contributed by atoms with Crippen LogP contribution in [0.15, 0.2) is 83.8 Å². The van der Waals surface area contributed by atoms with Crippen molar-refractivity contribution in [3.63, 3.8) is 0 Å². The number of amides is 1. The molecule has 0 spiro atoms. The molecule has 194 valence electrons. The number of nitrogens with zero attached hydrogens (tertiary/aromatic N) is 3. The van der Waals surface area contributed by atoms with Gasteiger partial charge in [0.25, 0.3) is 11.5 Å². The normalized spacial score (nSPS) is 12.7. The quantitative estimate of drug-likeness (QED) is 0.354. The molecule has 0 aliphatic carbocycles. The summed E-state index contributed by atoms with van der Waals surface area (Å²) in [6.07, 6.45) is 3.55. The van der Waals surface area contributed by atoms with E-state index in [1.807, 2.05) is 4.90 Å². The fourth-order valence-electron chi connectivity index (χ4n) is 4.27. The van der Waals surface area contributed by atoms with Gasteiger partial charge in [0.2, 0.25) is 0 Å². The van der Waals surface area contributed by atoms with Gasteiger partial charge in [0.05, 0.1) is 26.1 Å². The number of hydrogen-bond acceptors (Lipinski definition) is 7. The van der Waals surface area contributed by atoms with Crippen LogP contribution in [0.4, 0.5) is 11.4 Å². The molecule has 9 nitrogen and oxygen atoms in total. The Morgan fingerprint density at radius 3 is 2.24 bits per heavy atom. The Balaban J connectivity index is 1.49. The number of carbonyl (C=O) groups is 1. The van der Waals surface area contributed by atoms with Crippen LogP contribution in [0, 0.1) is 0 Å². The second-order valence-electron chi connectivity index (χ2n) is 8.78. The van der Waals surface area contributed by atoms with E-state index in [4.69, 9.17) is 14.2 Å². The van der Waals surface area contributed by atoms with E-state index in [1.54, 1.807) is 87.0 Å². The number of benzene rings is 3. The number of hydrogen-bond donors (Lipinski definition) is 1. The van der Waals surface area contributed by atoms with E-state index in [0.29, 0.717) is 34.2 Å². The van der Waals surface area contributed by atoms with Crippen LogP contribution >= 0.6 is 0 Å². The lowest BCUT2D eigenvalue weighted by molar-refractivity contribution is 0.0793. The van der Waals surface area contributed by atoms with Crippen LogP contribution in [0.1, 0.15) is 23.2 Å². The number of carbonyl (C=O) groups excluding carboxylic acids is 1. The maximum Gasteiger partial charge on any atom is 0.299 e. The smallest absolute Gasteiger partial charge is 0.299 e. The van der Waals surface area contributed by atoms with Gasteiger partial charge in [-0.15, -0.1) is 0 Å². The zero-order valence-electron chi connectivity index (χ0n) is 21.2. The highest BCUT2D eigenvalue weighted by atomic mass is 16.5. The number of aromatic nitrogens is 2. The summed E-state index contributed by atoms with van der Waals surface area (Å²) in [7, 11) is 3.15. The average Bonchev–Trinajstić information content (AvgIpc) is 3.50. The maximum absolute atomic E-state index is 13.7. The third-order valence-corrected chi connectivity index (χ3v) is 6.32. The van der Waals surface area contributed by atoms with E-state index in [0.717, 1.165) is 25.9 Å². The second kappa shape index (κ2) is 11.1. The summed E-state index contributed by atoms with van der Waals surface area (Å²) in [5, 5.41) is 7.52. The fourth-order valence-corrected chi connectivity index (χ4v) is 4.27. The minimum absolute atomic E-state index is 0.0156. The molecule has 38 heavy (non-hydrogen) atoms. The first kappa shape index (κ1) is 24.9. The summed E-state index contributed by atoms with van der Waals surface area (Å²) in [5.41, 5.74) is 1.59. The minimum Gasteiger partial charge on any atom is -0.497 e. The van der Waals surface area contributed by atoms with E-state index in [9.17, 15) is 9.59 Å². The van der Waals surface area contributed by atoms with E-state index in [2.05, 4.69) is 10.4 Å². The summed E-state index contributed by atoms with van der Waals surface area (Å²) >= 11 is 0. The molecule has 1 saturated heterocycles. The third kappa shape index (κ3) is 5.31. The lowest BCUT2D eigenvalue weighted by atomic mass is 10.2. The minimum atomic E-state index is -0.409. The average molecular weight is 513 g/mol. The van der Waals surface area contributed by atoms with Crippen LogP contribution in [0.3, 0.4) is 0 Å². The number of ether oxygens (including phenoxy) is 3. The molecule has 9 heteroatoms. The molecule has 0 unspecified atom stereocenters. The van der Waals surface area contributed by atoms with Crippen LogP contribution in [-0.4, -0.2) is 47.9 Å². The van der Waals surface area contributed by atoms with Gasteiger partial charge in [0.1, 0.15) is 17.2 Å². The first-order chi connectivity index (χ1) is 18.6. The Kier molecular flexibility index (Phi) is 7.26. The van der Waals surface area contributed by atoms with Crippen LogP contribution in [-0.2, 0) is 0 Å². The van der Waals surface area contributed by atoms with Crippen LogP contribution in [0.25, 0.3) is 5.69 Å². The highest BCUT2D eigenvalue weighted by Crippen LogP contribution is 2.31. The molecule has 0 atom stereocenters. The van der Waals surface area contributed by atoms with E-state index in [-0.39, 0.29) is 17.3 Å². The number of anilines is 2. The Labute approximate surface area is 220 Å². The molecule has 0 saturated carbocycles. The van der Waals surface area contributed by atoms with Crippen LogP contribution in [0.5, 0.6) is 23.0 Å². The van der Waals surface area contributed by atoms with Crippen molar-refractivity contribution in [2.45, 2.75) is 12.8 Å². The molecule has 1 aliphatic rings. The molecule has 1 fully saturated rings. The fraction of sp³-hybridized carbons (Fsp3) is 0.207. The van der Waals surface area contributed by atoms with Gasteiger partial charge in [-0.3, -0.25) is 9.59 Å². The predicted octanol–water partition coefficient (Wildman–Crippen LogP) is 5.02. The summed E-state index contributed by atoms with van der Waals surface area (Å²) < 4.78 is 17.9. The Bertz CT molecular complexity index is 1480. The van der Waals surface area contributed by atoms with E-state index in [1.165, 1.54) is 10.9 Å². The van der Waals surface area contributed by atoms with Gasteiger partial charge < -0.3 is 24.4 Å². The first-order valence-electron chi connectivity index (χ1n) is 12.3. The first-order valence-corrected chi connectivity index (χ1v) is 12.3. The summed E-state index contributed by atoms with van der Waals surface area (Å²) in [4.78, 5) is 28.2. The molecular weight excluding hydrogens is 484 g/mol. The molecule has 0 bridgehead atoms. The van der Waals surface area contributed by atoms with Gasteiger partial charge in [-0.1, -0.05) is 6.07 Å². The van der Waals surface area contributed by atoms with Crippen molar-refractivity contribution < 1.29 is 19.0 Å². The lowest BCUT2D eigenvalue weighted by Crippen LogP contribution is -2.27. The van der Waals surface area contributed by atoms with Crippen molar-refractivity contribution >= 4 is 17.3 Å². The van der Waals surface area contributed by atoms with Crippen molar-refractivity contribution in [2.24, 2.45) is 0 Å². The van der Waals surface area contributed by atoms with E-state index < -0.39 is 5.56 Å². The van der Waals surface area contributed by atoms with Gasteiger partial charge in [0, 0.05) is 30.4 Å². The van der Waals surface area contributed by atoms with Crippen molar-refractivity contribution in [3.8, 4) is 28.7 Å². The molecule has 0 radical (unpaired) electrons. The third-order valence-electron chi connectivity index (χ3n) is 6.32. The number of nitrogens with one attached hydrogen (secondary N) is 1. The zero-order chi connectivity index (χ0) is 26.5. The van der Waals surface area contributed by atoms with Crippen molar-refractivity contribution in [1.82, 2.24) is 14.7 Å². The Morgan fingerprint density at radius 2 is 1.55 bits per heavy atom. The summed E-state index contributed by atoms with van der Waals surface area (Å²) in [6.45, 7) is 1.57. The second-order valence-corrected chi connectivity index (χ2v) is 8.78. The molecule has 1 N–H and O–H groups in total. The van der Waals surface area contributed by atoms with Gasteiger partial charge in [-0.2, -0.15) is 9.78 Å². The molecule has 1 aliphatic heterocycles. The Morgan fingerprint density at radius 1 is 0.868 bits per heavy atom. The van der Waals surface area contributed by atoms with Crippen molar-refractivity contribution in [1.29, 1.82) is 0 Å². The predicted molar refractivity (Wildman–Crippen MR) is 144 cm³/mol. The molecule has 1 aromatic heterocycles. The molecule has 2 heterocycles. The highest BCUT2D eigenvalue weighted by Gasteiger charge is 2.20. The standard InChI is InChI=1S/C29H28N4O5/c1-36-23-14-12-22(13-15-23)33-29(35)27(26(19-30-33)38-25-7-5-6-24(18-25)37-2)31-21-10-8-20(9-11-21)28(34)32-16-3-4-17-32/h5-15,18-19,31H,3-4,16-17H2,1-2H3. The molecule has 1 amide bonds. The molecule has 5 rings (SSSR count). The van der Waals surface area contributed by atoms with Crippen LogP contribution < -0.4 is 25.1 Å². The van der Waals surface area contributed by atoms with Crippen molar-refractivity contribution in [2.75, 3.05) is 32.6 Å². The van der Waals surface area contributed by atoms with Crippen LogP contribution in [0.2, 0.25) is 0 Å². The zero-order valence-corrected chi connectivity index (χ0v) is 21.2. The lowest BCUT2D eigenvalue weighted by Gasteiger charge is -2.16. The van der Waals surface area contributed by atoms with Gasteiger partial charge >= 0.3 is 0 Å². The SMILES string of the molecule is COc1ccc(-n2ncc(Oc3cccc(OC)c3)c(Nc3ccc(C(=O)N4CCCC4)cc3)c2=O)cc1. The summed E-state index contributed by atoms with van der Waals surface area (Å²) in [5.74, 6) is 2.03. The van der Waals surface area contributed by atoms with Gasteiger partial charge in [-0.05, 0) is 73.5 Å². The summed E-state index contributed by atoms with van der Waals surface area (Å²) in [6, 6.07) is 21.2. The van der Waals surface area contributed by atoms with Gasteiger partial charge in [-0.25, -0.2) is 0 Å². The highest BCUT2D eigenvalue weighted by molar-refractivity contribution is 5.94. The number of likely N-dealkylation sites (tertiary alicyclic amines) is 1. The number of methoxy groups -OCH3 is 2. The van der Waals surface area contributed by atoms with Crippen molar-refractivity contribution in [3.05, 3.63) is 94.9 Å². The maximum atomic E-state index is 13.7. The topological polar surface area (TPSA) is 94.9 Å². The van der Waals surface area contributed by atoms with E-state index >= 15 is 0 Å². The molecule has 3 aromatic carbocycles. The Hall–Kier alpha value is -4.79. The molecular formula is C29H28N4O5. The largest absolute Gasteiger partial charge is 0.497 e.